The first-order chi connectivity index (χ1) is 11.3. The Hall–Kier alpha value is -2.21. The zero-order chi connectivity index (χ0) is 15.6. The van der Waals surface area contributed by atoms with Crippen LogP contribution in [0.1, 0.15) is 36.6 Å². The van der Waals surface area contributed by atoms with Gasteiger partial charge in [0.1, 0.15) is 0 Å². The third-order valence-electron chi connectivity index (χ3n) is 4.72. The molecular formula is C17H21N5O. The number of aromatic nitrogens is 3. The molecule has 6 heteroatoms. The summed E-state index contributed by atoms with van der Waals surface area (Å²) in [5.41, 5.74) is 2.21. The van der Waals surface area contributed by atoms with Crippen LogP contribution >= 0.6 is 0 Å². The van der Waals surface area contributed by atoms with Crippen LogP contribution in [-0.4, -0.2) is 38.6 Å². The maximum atomic E-state index is 12.5. The van der Waals surface area contributed by atoms with E-state index in [9.17, 15) is 4.79 Å². The van der Waals surface area contributed by atoms with Gasteiger partial charge in [0.25, 0.3) is 0 Å². The number of nitrogens with zero attached hydrogens (tertiary/aromatic N) is 3. The minimum atomic E-state index is 0.151. The number of hydrogen-bond acceptors (Lipinski definition) is 4. The highest BCUT2D eigenvalue weighted by Crippen LogP contribution is 2.44. The van der Waals surface area contributed by atoms with Crippen LogP contribution in [0.25, 0.3) is 0 Å². The number of pyridine rings is 1. The molecule has 1 saturated carbocycles. The summed E-state index contributed by atoms with van der Waals surface area (Å²) < 4.78 is 0. The number of rotatable bonds is 6. The fourth-order valence-electron chi connectivity index (χ4n) is 3.55. The van der Waals surface area contributed by atoms with Gasteiger partial charge < -0.3 is 10.2 Å². The normalized spacial score (nSPS) is 24.3. The number of carbonyl (C=O) groups excluding carboxylic acids is 1. The summed E-state index contributed by atoms with van der Waals surface area (Å²) >= 11 is 0. The van der Waals surface area contributed by atoms with Gasteiger partial charge in [-0.05, 0) is 30.5 Å². The Morgan fingerprint density at radius 2 is 2.22 bits per heavy atom. The number of carbonyl (C=O) groups is 1. The van der Waals surface area contributed by atoms with Crippen molar-refractivity contribution in [2.45, 2.75) is 37.9 Å². The third kappa shape index (κ3) is 2.99. The molecule has 4 rings (SSSR count). The molecule has 2 aromatic rings. The van der Waals surface area contributed by atoms with Gasteiger partial charge in [0.15, 0.2) is 0 Å². The Morgan fingerprint density at radius 3 is 2.91 bits per heavy atom. The predicted molar refractivity (Wildman–Crippen MR) is 85.2 cm³/mol. The van der Waals surface area contributed by atoms with Crippen LogP contribution in [0.5, 0.6) is 0 Å². The average Bonchev–Trinajstić information content (AvgIpc) is 3.16. The molecule has 0 spiro atoms. The minimum absolute atomic E-state index is 0.151. The molecule has 1 amide bonds. The summed E-state index contributed by atoms with van der Waals surface area (Å²) in [5.74, 6) is 0.574. The van der Waals surface area contributed by atoms with Gasteiger partial charge >= 0.3 is 0 Å². The van der Waals surface area contributed by atoms with Gasteiger partial charge in [-0.1, -0.05) is 6.07 Å². The summed E-state index contributed by atoms with van der Waals surface area (Å²) in [7, 11) is 0. The molecule has 120 valence electrons. The molecule has 2 aromatic heterocycles. The monoisotopic (exact) mass is 311 g/mol. The zero-order valence-electron chi connectivity index (χ0n) is 13.0. The smallest absolute Gasteiger partial charge is 0.223 e. The molecule has 0 unspecified atom stereocenters. The lowest BCUT2D eigenvalue weighted by Gasteiger charge is -2.28. The molecule has 1 aliphatic carbocycles. The van der Waals surface area contributed by atoms with Gasteiger partial charge in [-0.25, -0.2) is 0 Å². The van der Waals surface area contributed by atoms with Crippen molar-refractivity contribution in [2.75, 3.05) is 6.54 Å². The molecule has 0 aromatic carbocycles. The Kier molecular flexibility index (Phi) is 3.83. The second-order valence-corrected chi connectivity index (χ2v) is 6.44. The van der Waals surface area contributed by atoms with Crippen molar-refractivity contribution in [2.24, 2.45) is 5.92 Å². The van der Waals surface area contributed by atoms with Crippen molar-refractivity contribution in [1.82, 2.24) is 25.4 Å². The van der Waals surface area contributed by atoms with E-state index < -0.39 is 0 Å². The Labute approximate surface area is 135 Å². The van der Waals surface area contributed by atoms with Gasteiger partial charge in [0.2, 0.25) is 5.91 Å². The first-order valence-electron chi connectivity index (χ1n) is 8.23. The number of aromatic amines is 1. The SMILES string of the molecule is O=C1C[C@@H](CNCc2ccn[nH]2)[C@H](c2cccnc2)N1C1CC1. The van der Waals surface area contributed by atoms with Gasteiger partial charge in [0.05, 0.1) is 6.04 Å². The van der Waals surface area contributed by atoms with Crippen molar-refractivity contribution < 1.29 is 4.79 Å². The van der Waals surface area contributed by atoms with E-state index in [-0.39, 0.29) is 17.9 Å². The minimum Gasteiger partial charge on any atom is -0.332 e. The molecule has 2 N–H and O–H groups in total. The van der Waals surface area contributed by atoms with Crippen molar-refractivity contribution >= 4 is 5.91 Å². The van der Waals surface area contributed by atoms with Gasteiger partial charge in [-0.2, -0.15) is 5.10 Å². The van der Waals surface area contributed by atoms with Gasteiger partial charge in [-0.3, -0.25) is 14.9 Å². The van der Waals surface area contributed by atoms with E-state index in [1.54, 1.807) is 12.4 Å². The highest BCUT2D eigenvalue weighted by Gasteiger charge is 2.46. The topological polar surface area (TPSA) is 73.9 Å². The summed E-state index contributed by atoms with van der Waals surface area (Å²) in [6, 6.07) is 6.59. The van der Waals surface area contributed by atoms with E-state index in [2.05, 4.69) is 31.5 Å². The van der Waals surface area contributed by atoms with E-state index >= 15 is 0 Å². The fourth-order valence-corrected chi connectivity index (χ4v) is 3.55. The van der Waals surface area contributed by atoms with Crippen LogP contribution in [0.15, 0.2) is 36.8 Å². The summed E-state index contributed by atoms with van der Waals surface area (Å²) in [4.78, 5) is 18.9. The van der Waals surface area contributed by atoms with Crippen molar-refractivity contribution in [3.05, 3.63) is 48.0 Å². The van der Waals surface area contributed by atoms with E-state index in [1.807, 2.05) is 18.3 Å². The summed E-state index contributed by atoms with van der Waals surface area (Å²) in [6.45, 7) is 1.56. The molecule has 2 fully saturated rings. The van der Waals surface area contributed by atoms with Crippen LogP contribution in [-0.2, 0) is 11.3 Å². The third-order valence-corrected chi connectivity index (χ3v) is 4.72. The molecule has 1 aliphatic heterocycles. The fraction of sp³-hybridized carbons (Fsp3) is 0.471. The summed E-state index contributed by atoms with van der Waals surface area (Å²) in [5, 5.41) is 10.4. The molecule has 0 radical (unpaired) electrons. The lowest BCUT2D eigenvalue weighted by atomic mass is 9.94. The molecule has 2 atom stereocenters. The number of H-pyrrole nitrogens is 1. The first-order valence-corrected chi connectivity index (χ1v) is 8.23. The van der Waals surface area contributed by atoms with Crippen molar-refractivity contribution in [3.8, 4) is 0 Å². The molecule has 6 nitrogen and oxygen atoms in total. The maximum absolute atomic E-state index is 12.5. The predicted octanol–water partition coefficient (Wildman–Crippen LogP) is 1.65. The zero-order valence-corrected chi connectivity index (χ0v) is 13.0. The van der Waals surface area contributed by atoms with Crippen molar-refractivity contribution in [1.29, 1.82) is 0 Å². The number of amides is 1. The van der Waals surface area contributed by atoms with Gasteiger partial charge in [-0.15, -0.1) is 0 Å². The number of nitrogens with one attached hydrogen (secondary N) is 2. The van der Waals surface area contributed by atoms with Crippen LogP contribution < -0.4 is 5.32 Å². The Bertz CT molecular complexity index is 653. The number of likely N-dealkylation sites (tertiary alicyclic amines) is 1. The quantitative estimate of drug-likeness (QED) is 0.850. The molecule has 1 saturated heterocycles. The molecule has 23 heavy (non-hydrogen) atoms. The molecular weight excluding hydrogens is 290 g/mol. The Balaban J connectivity index is 1.49. The molecule has 2 aliphatic rings. The van der Waals surface area contributed by atoms with E-state index in [0.717, 1.165) is 37.2 Å². The lowest BCUT2D eigenvalue weighted by Crippen LogP contribution is -2.33. The molecule has 3 heterocycles. The highest BCUT2D eigenvalue weighted by atomic mass is 16.2. The van der Waals surface area contributed by atoms with Crippen LogP contribution in [0.3, 0.4) is 0 Å². The standard InChI is InChI=1S/C17H21N5O/c23-16-8-13(10-19-11-14-5-7-20-21-14)17(22(16)15-3-4-15)12-2-1-6-18-9-12/h1-2,5-7,9,13,15,17,19H,3-4,8,10-11H2,(H,20,21)/t13-,17-/m0/s1. The van der Waals surface area contributed by atoms with Crippen molar-refractivity contribution in [3.63, 3.8) is 0 Å². The van der Waals surface area contributed by atoms with Crippen LogP contribution in [0.4, 0.5) is 0 Å². The van der Waals surface area contributed by atoms with Gasteiger partial charge in [0, 0.05) is 55.8 Å². The number of hydrogen-bond donors (Lipinski definition) is 2. The molecule has 0 bridgehead atoms. The van der Waals surface area contributed by atoms with Crippen LogP contribution in [0, 0.1) is 5.92 Å². The first kappa shape index (κ1) is 14.4. The maximum Gasteiger partial charge on any atom is 0.223 e. The van der Waals surface area contributed by atoms with E-state index in [0.29, 0.717) is 12.5 Å². The highest BCUT2D eigenvalue weighted by molar-refractivity contribution is 5.80. The summed E-state index contributed by atoms with van der Waals surface area (Å²) in [6.07, 6.45) is 8.33. The average molecular weight is 311 g/mol. The second kappa shape index (κ2) is 6.12. The largest absolute Gasteiger partial charge is 0.332 e. The Morgan fingerprint density at radius 1 is 1.30 bits per heavy atom. The van der Waals surface area contributed by atoms with Crippen LogP contribution in [0.2, 0.25) is 0 Å². The van der Waals surface area contributed by atoms with E-state index in [4.69, 9.17) is 0 Å². The second-order valence-electron chi connectivity index (χ2n) is 6.44. The lowest BCUT2D eigenvalue weighted by molar-refractivity contribution is -0.129. The van der Waals surface area contributed by atoms with E-state index in [1.165, 1.54) is 0 Å².